The summed E-state index contributed by atoms with van der Waals surface area (Å²) in [5.41, 5.74) is 0.552. The van der Waals surface area contributed by atoms with Crippen molar-refractivity contribution in [3.8, 4) is 0 Å². The molecular weight excluding hydrogens is 556 g/mol. The van der Waals surface area contributed by atoms with Crippen molar-refractivity contribution >= 4 is 29.5 Å². The zero-order valence-corrected chi connectivity index (χ0v) is 26.6. The van der Waals surface area contributed by atoms with Gasteiger partial charge in [0.1, 0.15) is 11.9 Å². The summed E-state index contributed by atoms with van der Waals surface area (Å²) < 4.78 is 9.71. The Hall–Kier alpha value is -2.95. The molecule has 0 saturated heterocycles. The molecule has 1 rings (SSSR count). The van der Waals surface area contributed by atoms with E-state index in [0.29, 0.717) is 19.3 Å². The Kier molecular flexibility index (Phi) is 15.9. The van der Waals surface area contributed by atoms with Gasteiger partial charge in [-0.3, -0.25) is 14.4 Å². The predicted octanol–water partition coefficient (Wildman–Crippen LogP) is 3.95. The fourth-order valence-corrected chi connectivity index (χ4v) is 5.10. The molecule has 10 heteroatoms. The molecule has 3 N–H and O–H groups in total. The molecule has 0 radical (unpaired) electrons. The van der Waals surface area contributed by atoms with E-state index in [0.717, 1.165) is 18.4 Å². The summed E-state index contributed by atoms with van der Waals surface area (Å²) in [5.74, 6) is -3.91. The van der Waals surface area contributed by atoms with E-state index < -0.39 is 60.6 Å². The maximum absolute atomic E-state index is 12.8. The molecule has 0 aliphatic carbocycles. The number of esters is 3. The molecule has 0 bridgehead atoms. The first-order chi connectivity index (χ1) is 20.0. The summed E-state index contributed by atoms with van der Waals surface area (Å²) in [6.07, 6.45) is 1.16. The first-order valence-electron chi connectivity index (χ1n) is 15.1. The number of hydrogen-bond donors (Lipinski definition) is 3. The van der Waals surface area contributed by atoms with Crippen LogP contribution >= 0.6 is 0 Å². The number of Topliss-reactive ketones (excluding diaryl/α,β-unsaturated/α-hetero) is 1. The molecule has 0 aromatic rings. The minimum absolute atomic E-state index is 0.0736. The second-order valence-electron chi connectivity index (χ2n) is 12.1. The van der Waals surface area contributed by atoms with Crippen LogP contribution in [0.15, 0.2) is 35.5 Å². The zero-order chi connectivity index (χ0) is 33.0. The molecule has 10 nitrogen and oxygen atoms in total. The fourth-order valence-electron chi connectivity index (χ4n) is 5.10. The summed E-state index contributed by atoms with van der Waals surface area (Å²) in [5, 5.41) is 31.5. The Morgan fingerprint density at radius 2 is 1.53 bits per heavy atom. The van der Waals surface area contributed by atoms with Crippen molar-refractivity contribution in [1.82, 2.24) is 0 Å². The normalized spacial score (nSPS) is 19.5. The molecule has 0 fully saturated rings. The van der Waals surface area contributed by atoms with E-state index in [4.69, 9.17) is 4.74 Å². The minimum Gasteiger partial charge on any atom is -0.462 e. The van der Waals surface area contributed by atoms with E-state index >= 15 is 0 Å². The number of carbonyl (C=O) groups excluding carboxylic acids is 5. The van der Waals surface area contributed by atoms with Crippen LogP contribution in [0.3, 0.4) is 0 Å². The van der Waals surface area contributed by atoms with E-state index in [9.17, 15) is 39.3 Å². The minimum atomic E-state index is -1.58. The summed E-state index contributed by atoms with van der Waals surface area (Å²) in [6, 6.07) is 0. The monoisotopic (exact) mass is 606 g/mol. The van der Waals surface area contributed by atoms with E-state index in [1.165, 1.54) is 13.8 Å². The highest BCUT2D eigenvalue weighted by atomic mass is 16.6. The third-order valence-corrected chi connectivity index (χ3v) is 8.30. The van der Waals surface area contributed by atoms with Gasteiger partial charge in [0.25, 0.3) is 0 Å². The third kappa shape index (κ3) is 12.3. The third-order valence-electron chi connectivity index (χ3n) is 8.30. The van der Waals surface area contributed by atoms with Gasteiger partial charge in [-0.05, 0) is 63.0 Å². The van der Waals surface area contributed by atoms with Gasteiger partial charge >= 0.3 is 17.9 Å². The smallest absolute Gasteiger partial charge is 0.345 e. The van der Waals surface area contributed by atoms with Crippen LogP contribution in [0.2, 0.25) is 0 Å². The Balaban J connectivity index is 2.51. The van der Waals surface area contributed by atoms with Crippen molar-refractivity contribution in [1.29, 1.82) is 0 Å². The predicted molar refractivity (Wildman–Crippen MR) is 160 cm³/mol. The summed E-state index contributed by atoms with van der Waals surface area (Å²) >= 11 is 0. The van der Waals surface area contributed by atoms with Gasteiger partial charge in [0.05, 0.1) is 30.3 Å². The topological polar surface area (TPSA) is 164 Å². The van der Waals surface area contributed by atoms with Crippen molar-refractivity contribution < 1.29 is 48.8 Å². The van der Waals surface area contributed by atoms with Crippen LogP contribution in [-0.2, 0) is 33.4 Å². The number of ketones is 2. The average Bonchev–Trinajstić information content (AvgIpc) is 3.19. The number of aliphatic hydroxyl groups is 3. The van der Waals surface area contributed by atoms with Gasteiger partial charge < -0.3 is 24.8 Å². The Morgan fingerprint density at radius 1 is 0.907 bits per heavy atom. The lowest BCUT2D eigenvalue weighted by Gasteiger charge is -2.27. The van der Waals surface area contributed by atoms with Gasteiger partial charge in [-0.1, -0.05) is 47.3 Å². The lowest BCUT2D eigenvalue weighted by molar-refractivity contribution is -0.154. The first-order valence-corrected chi connectivity index (χ1v) is 15.1. The van der Waals surface area contributed by atoms with Crippen LogP contribution in [0.1, 0.15) is 93.4 Å². The molecule has 1 aliphatic heterocycles. The number of rotatable bonds is 20. The van der Waals surface area contributed by atoms with Crippen LogP contribution < -0.4 is 0 Å². The number of hydrogen-bond acceptors (Lipinski definition) is 10. The molecular formula is C33H50O10. The summed E-state index contributed by atoms with van der Waals surface area (Å²) in [7, 11) is 0. The number of carbonyl (C=O) groups is 5. The van der Waals surface area contributed by atoms with Gasteiger partial charge in [0.15, 0.2) is 5.78 Å². The van der Waals surface area contributed by atoms with Crippen LogP contribution in [0.5, 0.6) is 0 Å². The van der Waals surface area contributed by atoms with Crippen molar-refractivity contribution in [3.63, 3.8) is 0 Å². The molecule has 8 atom stereocenters. The van der Waals surface area contributed by atoms with Gasteiger partial charge in [-0.2, -0.15) is 0 Å². The second-order valence-corrected chi connectivity index (χ2v) is 12.1. The summed E-state index contributed by atoms with van der Waals surface area (Å²) in [6.45, 7) is 15.8. The molecule has 43 heavy (non-hydrogen) atoms. The highest BCUT2D eigenvalue weighted by Gasteiger charge is 2.36. The summed E-state index contributed by atoms with van der Waals surface area (Å²) in [4.78, 5) is 60.6. The van der Waals surface area contributed by atoms with Gasteiger partial charge in [0.2, 0.25) is 0 Å². The average molecular weight is 607 g/mol. The molecule has 0 aromatic carbocycles. The fraction of sp³-hybridized carbons (Fsp3) is 0.667. The van der Waals surface area contributed by atoms with Gasteiger partial charge in [-0.25, -0.2) is 9.59 Å². The molecule has 0 amide bonds. The zero-order valence-electron chi connectivity index (χ0n) is 26.6. The second kappa shape index (κ2) is 18.0. The van der Waals surface area contributed by atoms with Crippen LogP contribution in [0.25, 0.3) is 0 Å². The van der Waals surface area contributed by atoms with Gasteiger partial charge in [-0.15, -0.1) is 0 Å². The molecule has 242 valence electrons. The molecule has 1 heterocycles. The van der Waals surface area contributed by atoms with Crippen LogP contribution in [0.4, 0.5) is 0 Å². The highest BCUT2D eigenvalue weighted by molar-refractivity contribution is 6.12. The van der Waals surface area contributed by atoms with E-state index in [2.05, 4.69) is 18.2 Å². The van der Waals surface area contributed by atoms with Crippen molar-refractivity contribution in [3.05, 3.63) is 35.5 Å². The maximum atomic E-state index is 12.8. The van der Waals surface area contributed by atoms with Crippen molar-refractivity contribution in [2.24, 2.45) is 23.7 Å². The Morgan fingerprint density at radius 3 is 2.07 bits per heavy atom. The van der Waals surface area contributed by atoms with E-state index in [-0.39, 0.29) is 41.0 Å². The van der Waals surface area contributed by atoms with E-state index in [1.54, 1.807) is 26.0 Å². The Labute approximate surface area is 255 Å². The SMILES string of the molecule is C=C/C(=C\C(=O)C[C@H](C)C[C@@H](C)CC[C@H](O)[C@H](C)C(=O)CC(O)[C@H](C)[C@@H](C)OC(=O)C[C@@H](O)C1=C(C)C(=O)OC1=O)CC. The Bertz CT molecular complexity index is 1090. The highest BCUT2D eigenvalue weighted by Crippen LogP contribution is 2.25. The van der Waals surface area contributed by atoms with Crippen molar-refractivity contribution in [2.45, 2.75) is 118 Å². The number of aliphatic hydroxyl groups excluding tert-OH is 3. The molecule has 0 saturated carbocycles. The van der Waals surface area contributed by atoms with E-state index in [1.807, 2.05) is 13.8 Å². The molecule has 0 aromatic heterocycles. The molecule has 0 spiro atoms. The number of ether oxygens (including phenoxy) is 2. The van der Waals surface area contributed by atoms with Crippen LogP contribution in [-0.4, -0.2) is 69.2 Å². The standard InChI is InChI=1S/C33H50O10/c1-9-24(10-2)15-25(34)14-19(4)13-18(3)11-12-26(35)21(6)28(37)16-27(36)20(5)23(8)42-30(39)17-29(38)31-22(7)32(40)43-33(31)41/h9,15,18-21,23,26-27,29,35-36,38H,1,10-14,16-17H2,2-8H3/b24-15+/t18-,19+,20+,21-,23+,26-,27?,29+/m0/s1. The van der Waals surface area contributed by atoms with Crippen LogP contribution in [0, 0.1) is 23.7 Å². The largest absolute Gasteiger partial charge is 0.462 e. The van der Waals surface area contributed by atoms with Crippen molar-refractivity contribution in [2.75, 3.05) is 0 Å². The number of cyclic esters (lactones) is 2. The number of allylic oxidation sites excluding steroid dienone is 3. The van der Waals surface area contributed by atoms with Gasteiger partial charge in [0, 0.05) is 30.3 Å². The quantitative estimate of drug-likeness (QED) is 0.0800. The lowest BCUT2D eigenvalue weighted by Crippen LogP contribution is -2.36. The molecule has 1 unspecified atom stereocenters. The lowest BCUT2D eigenvalue weighted by atomic mass is 9.85. The molecule has 1 aliphatic rings. The first kappa shape index (κ1) is 38.1. The maximum Gasteiger partial charge on any atom is 0.345 e.